The SMILES string of the molecule is Oc1cc(O)cc(C(c2cc(O)cc(O)c2)c2cc(O)cc(O)c2)c1. The average Bonchev–Trinajstić information content (AvgIpc) is 2.44. The maximum Gasteiger partial charge on any atom is 0.119 e. The summed E-state index contributed by atoms with van der Waals surface area (Å²) in [6.45, 7) is 0. The van der Waals surface area contributed by atoms with Gasteiger partial charge in [-0.15, -0.1) is 0 Å². The number of phenols is 6. The summed E-state index contributed by atoms with van der Waals surface area (Å²) in [6.07, 6.45) is 0. The molecule has 0 bridgehead atoms. The predicted molar refractivity (Wildman–Crippen MR) is 90.3 cm³/mol. The molecule has 0 saturated carbocycles. The van der Waals surface area contributed by atoms with Crippen LogP contribution < -0.4 is 0 Å². The molecule has 0 amide bonds. The third-order valence-electron chi connectivity index (χ3n) is 3.77. The minimum Gasteiger partial charge on any atom is -0.508 e. The van der Waals surface area contributed by atoms with E-state index in [1.54, 1.807) is 0 Å². The molecule has 0 atom stereocenters. The van der Waals surface area contributed by atoms with Gasteiger partial charge in [0.15, 0.2) is 0 Å². The van der Waals surface area contributed by atoms with Crippen molar-refractivity contribution in [3.63, 3.8) is 0 Å². The Bertz CT molecular complexity index is 752. The number of rotatable bonds is 3. The molecule has 6 heteroatoms. The summed E-state index contributed by atoms with van der Waals surface area (Å²) in [5, 5.41) is 58.8. The Kier molecular flexibility index (Phi) is 4.02. The van der Waals surface area contributed by atoms with Crippen LogP contribution in [0.25, 0.3) is 0 Å². The molecule has 0 unspecified atom stereocenters. The Morgan fingerprint density at radius 1 is 0.360 bits per heavy atom. The zero-order valence-electron chi connectivity index (χ0n) is 13.0. The van der Waals surface area contributed by atoms with Crippen LogP contribution in [-0.4, -0.2) is 30.6 Å². The summed E-state index contributed by atoms with van der Waals surface area (Å²) < 4.78 is 0. The first kappa shape index (κ1) is 16.3. The van der Waals surface area contributed by atoms with Crippen molar-refractivity contribution < 1.29 is 30.6 Å². The lowest BCUT2D eigenvalue weighted by Gasteiger charge is -2.20. The van der Waals surface area contributed by atoms with Gasteiger partial charge >= 0.3 is 0 Å². The minimum atomic E-state index is -0.686. The fourth-order valence-electron chi connectivity index (χ4n) is 2.93. The highest BCUT2D eigenvalue weighted by atomic mass is 16.3. The highest BCUT2D eigenvalue weighted by Gasteiger charge is 2.21. The van der Waals surface area contributed by atoms with E-state index >= 15 is 0 Å². The smallest absolute Gasteiger partial charge is 0.119 e. The molecule has 3 aromatic carbocycles. The highest BCUT2D eigenvalue weighted by Crippen LogP contribution is 2.40. The van der Waals surface area contributed by atoms with E-state index in [1.807, 2.05) is 0 Å². The summed E-state index contributed by atoms with van der Waals surface area (Å²) in [5.41, 5.74) is 1.31. The van der Waals surface area contributed by atoms with E-state index in [4.69, 9.17) is 0 Å². The van der Waals surface area contributed by atoms with Crippen molar-refractivity contribution in [1.82, 2.24) is 0 Å². The topological polar surface area (TPSA) is 121 Å². The van der Waals surface area contributed by atoms with Gasteiger partial charge in [-0.25, -0.2) is 0 Å². The van der Waals surface area contributed by atoms with Crippen molar-refractivity contribution in [1.29, 1.82) is 0 Å². The summed E-state index contributed by atoms with van der Waals surface area (Å²) in [4.78, 5) is 0. The van der Waals surface area contributed by atoms with E-state index in [0.717, 1.165) is 0 Å². The van der Waals surface area contributed by atoms with Crippen molar-refractivity contribution >= 4 is 0 Å². The highest BCUT2D eigenvalue weighted by molar-refractivity contribution is 5.53. The standard InChI is InChI=1S/C19H16O6/c20-13-1-10(2-14(21)7-13)19(11-3-15(22)8-16(23)4-11)12-5-17(24)9-18(25)6-12/h1-9,19-25H. The Labute approximate surface area is 143 Å². The van der Waals surface area contributed by atoms with E-state index in [0.29, 0.717) is 16.7 Å². The molecule has 0 aliphatic heterocycles. The molecule has 0 spiro atoms. The van der Waals surface area contributed by atoms with Crippen LogP contribution in [0.15, 0.2) is 54.6 Å². The zero-order chi connectivity index (χ0) is 18.1. The van der Waals surface area contributed by atoms with Gasteiger partial charge in [0.1, 0.15) is 34.5 Å². The van der Waals surface area contributed by atoms with E-state index < -0.39 is 5.92 Å². The first-order valence-corrected chi connectivity index (χ1v) is 7.40. The molecule has 6 nitrogen and oxygen atoms in total. The molecule has 25 heavy (non-hydrogen) atoms. The van der Waals surface area contributed by atoms with Crippen molar-refractivity contribution in [2.45, 2.75) is 5.92 Å². The Hall–Kier alpha value is -3.54. The minimum absolute atomic E-state index is 0.172. The first-order chi connectivity index (χ1) is 11.8. The number of phenolic OH excluding ortho intramolecular Hbond substituents is 6. The van der Waals surface area contributed by atoms with Gasteiger partial charge < -0.3 is 30.6 Å². The molecule has 128 valence electrons. The van der Waals surface area contributed by atoms with Crippen LogP contribution in [0, 0.1) is 0 Å². The number of hydrogen-bond donors (Lipinski definition) is 6. The lowest BCUT2D eigenvalue weighted by Crippen LogP contribution is -2.03. The predicted octanol–water partition coefficient (Wildman–Crippen LogP) is 3.10. The van der Waals surface area contributed by atoms with Gasteiger partial charge in [0.05, 0.1) is 0 Å². The largest absolute Gasteiger partial charge is 0.508 e. The lowest BCUT2D eigenvalue weighted by molar-refractivity contribution is 0.447. The van der Waals surface area contributed by atoms with Crippen molar-refractivity contribution in [2.75, 3.05) is 0 Å². The summed E-state index contributed by atoms with van der Waals surface area (Å²) >= 11 is 0. The van der Waals surface area contributed by atoms with E-state index in [-0.39, 0.29) is 34.5 Å². The monoisotopic (exact) mass is 340 g/mol. The normalized spacial score (nSPS) is 10.9. The van der Waals surface area contributed by atoms with E-state index in [2.05, 4.69) is 0 Å². The summed E-state index contributed by atoms with van der Waals surface area (Å²) in [6, 6.07) is 12.0. The molecular weight excluding hydrogens is 324 g/mol. The van der Waals surface area contributed by atoms with Crippen molar-refractivity contribution in [2.24, 2.45) is 0 Å². The average molecular weight is 340 g/mol. The molecule has 0 fully saturated rings. The van der Waals surface area contributed by atoms with Crippen LogP contribution in [0.4, 0.5) is 0 Å². The van der Waals surface area contributed by atoms with Gasteiger partial charge in [-0.3, -0.25) is 0 Å². The molecule has 0 radical (unpaired) electrons. The molecule has 0 aliphatic rings. The molecule has 0 saturated heterocycles. The van der Waals surface area contributed by atoms with Gasteiger partial charge in [-0.2, -0.15) is 0 Å². The van der Waals surface area contributed by atoms with Crippen molar-refractivity contribution in [3.05, 3.63) is 71.3 Å². The molecule has 0 aliphatic carbocycles. The van der Waals surface area contributed by atoms with Crippen LogP contribution in [-0.2, 0) is 0 Å². The molecule has 6 N–H and O–H groups in total. The Morgan fingerprint density at radius 3 is 0.760 bits per heavy atom. The van der Waals surface area contributed by atoms with Crippen LogP contribution >= 0.6 is 0 Å². The zero-order valence-corrected chi connectivity index (χ0v) is 13.0. The number of benzene rings is 3. The fourth-order valence-corrected chi connectivity index (χ4v) is 2.93. The van der Waals surface area contributed by atoms with Crippen LogP contribution in [0.5, 0.6) is 34.5 Å². The van der Waals surface area contributed by atoms with Gasteiger partial charge in [0.2, 0.25) is 0 Å². The molecule has 3 aromatic rings. The molecule has 3 rings (SSSR count). The Balaban J connectivity index is 2.27. The van der Waals surface area contributed by atoms with Crippen molar-refractivity contribution in [3.8, 4) is 34.5 Å². The molecule has 0 aromatic heterocycles. The second kappa shape index (κ2) is 6.16. The first-order valence-electron chi connectivity index (χ1n) is 7.40. The van der Waals surface area contributed by atoms with Crippen LogP contribution in [0.3, 0.4) is 0 Å². The maximum atomic E-state index is 9.80. The van der Waals surface area contributed by atoms with E-state index in [1.165, 1.54) is 54.6 Å². The van der Waals surface area contributed by atoms with Crippen LogP contribution in [0.2, 0.25) is 0 Å². The third-order valence-corrected chi connectivity index (χ3v) is 3.77. The van der Waals surface area contributed by atoms with Crippen LogP contribution in [0.1, 0.15) is 22.6 Å². The second-order valence-corrected chi connectivity index (χ2v) is 5.78. The third kappa shape index (κ3) is 3.53. The Morgan fingerprint density at radius 2 is 0.560 bits per heavy atom. The van der Waals surface area contributed by atoms with Gasteiger partial charge in [0.25, 0.3) is 0 Å². The quantitative estimate of drug-likeness (QED) is 0.408. The maximum absolute atomic E-state index is 9.80. The van der Waals surface area contributed by atoms with Gasteiger partial charge in [-0.05, 0) is 53.1 Å². The number of hydrogen-bond acceptors (Lipinski definition) is 6. The summed E-state index contributed by atoms with van der Waals surface area (Å²) in [5.74, 6) is -1.72. The lowest BCUT2D eigenvalue weighted by atomic mass is 9.84. The molecule has 0 heterocycles. The molecular formula is C19H16O6. The van der Waals surface area contributed by atoms with E-state index in [9.17, 15) is 30.6 Å². The van der Waals surface area contributed by atoms with Gasteiger partial charge in [-0.1, -0.05) is 0 Å². The fraction of sp³-hybridized carbons (Fsp3) is 0.0526. The number of aromatic hydroxyl groups is 6. The summed E-state index contributed by atoms with van der Waals surface area (Å²) in [7, 11) is 0. The second-order valence-electron chi connectivity index (χ2n) is 5.78. The van der Waals surface area contributed by atoms with Gasteiger partial charge in [0, 0.05) is 24.1 Å².